The standard InChI is InChI=1S/C12H19O3PS/c1-4-5-10-16(3)15-17(13,14)12-8-6-11(2)7-9-12/h6-9H,4-5,10H2,1-3H3. The molecule has 0 fully saturated rings. The highest BCUT2D eigenvalue weighted by Crippen LogP contribution is 2.37. The van der Waals surface area contributed by atoms with Crippen molar-refractivity contribution in [3.8, 4) is 0 Å². The van der Waals surface area contributed by atoms with E-state index in [1.54, 1.807) is 24.3 Å². The van der Waals surface area contributed by atoms with Crippen LogP contribution in [0, 0.1) is 6.92 Å². The zero-order valence-corrected chi connectivity index (χ0v) is 12.2. The molecule has 0 aromatic heterocycles. The first-order chi connectivity index (χ1) is 7.95. The molecule has 1 atom stereocenters. The third-order valence-electron chi connectivity index (χ3n) is 2.36. The van der Waals surface area contributed by atoms with E-state index < -0.39 is 18.3 Å². The van der Waals surface area contributed by atoms with Crippen LogP contribution in [0.5, 0.6) is 0 Å². The molecular formula is C12H19O3PS. The minimum Gasteiger partial charge on any atom is -0.244 e. The lowest BCUT2D eigenvalue weighted by Gasteiger charge is -2.12. The summed E-state index contributed by atoms with van der Waals surface area (Å²) in [5, 5.41) is 0. The van der Waals surface area contributed by atoms with Crippen LogP contribution >= 0.6 is 8.15 Å². The highest BCUT2D eigenvalue weighted by molar-refractivity contribution is 7.91. The molecule has 17 heavy (non-hydrogen) atoms. The lowest BCUT2D eigenvalue weighted by molar-refractivity contribution is 0.508. The molecule has 1 aromatic rings. The van der Waals surface area contributed by atoms with Gasteiger partial charge in [0, 0.05) is 8.15 Å². The van der Waals surface area contributed by atoms with Crippen molar-refractivity contribution in [1.29, 1.82) is 0 Å². The van der Waals surface area contributed by atoms with Gasteiger partial charge in [0.1, 0.15) is 0 Å². The van der Waals surface area contributed by atoms with Gasteiger partial charge in [-0.3, -0.25) is 0 Å². The molecule has 0 amide bonds. The SMILES string of the molecule is CCCCP(C)OS(=O)(=O)c1ccc(C)cc1. The normalized spacial score (nSPS) is 13.6. The van der Waals surface area contributed by atoms with E-state index in [1.807, 2.05) is 13.6 Å². The van der Waals surface area contributed by atoms with Gasteiger partial charge in [-0.15, -0.1) is 0 Å². The molecule has 0 radical (unpaired) electrons. The van der Waals surface area contributed by atoms with E-state index in [0.29, 0.717) is 0 Å². The van der Waals surface area contributed by atoms with Crippen molar-refractivity contribution in [3.63, 3.8) is 0 Å². The summed E-state index contributed by atoms with van der Waals surface area (Å²) in [7, 11) is -4.47. The molecule has 0 aliphatic rings. The van der Waals surface area contributed by atoms with E-state index >= 15 is 0 Å². The van der Waals surface area contributed by atoms with Gasteiger partial charge in [0.05, 0.1) is 4.90 Å². The average molecular weight is 274 g/mol. The molecule has 0 saturated heterocycles. The molecule has 1 aromatic carbocycles. The zero-order chi connectivity index (χ0) is 12.9. The van der Waals surface area contributed by atoms with Gasteiger partial charge < -0.3 is 0 Å². The van der Waals surface area contributed by atoms with E-state index in [1.165, 1.54) is 0 Å². The van der Waals surface area contributed by atoms with Crippen molar-refractivity contribution < 1.29 is 12.4 Å². The first kappa shape index (κ1) is 14.6. The second-order valence-corrected chi connectivity index (χ2v) is 7.73. The van der Waals surface area contributed by atoms with Gasteiger partial charge in [-0.05, 0) is 38.3 Å². The van der Waals surface area contributed by atoms with E-state index in [0.717, 1.165) is 24.6 Å². The summed E-state index contributed by atoms with van der Waals surface area (Å²) in [6.45, 7) is 5.86. The maximum Gasteiger partial charge on any atom is 0.299 e. The number of hydrogen-bond acceptors (Lipinski definition) is 3. The Morgan fingerprint density at radius 2 is 1.82 bits per heavy atom. The summed E-state index contributed by atoms with van der Waals surface area (Å²) in [5.41, 5.74) is 1.04. The Bertz CT molecular complexity index is 439. The van der Waals surface area contributed by atoms with Gasteiger partial charge in [0.15, 0.2) is 0 Å². The summed E-state index contributed by atoms with van der Waals surface area (Å²) >= 11 is 0. The fourth-order valence-electron chi connectivity index (χ4n) is 1.33. The van der Waals surface area contributed by atoms with Gasteiger partial charge in [-0.1, -0.05) is 31.0 Å². The summed E-state index contributed by atoms with van der Waals surface area (Å²) < 4.78 is 29.0. The van der Waals surface area contributed by atoms with Crippen molar-refractivity contribution in [2.45, 2.75) is 31.6 Å². The molecule has 96 valence electrons. The molecule has 0 bridgehead atoms. The van der Waals surface area contributed by atoms with Crippen LogP contribution in [-0.2, 0) is 14.1 Å². The minimum atomic E-state index is -3.58. The van der Waals surface area contributed by atoms with Crippen molar-refractivity contribution in [1.82, 2.24) is 0 Å². The molecule has 0 aliphatic heterocycles. The van der Waals surface area contributed by atoms with Gasteiger partial charge >= 0.3 is 0 Å². The van der Waals surface area contributed by atoms with Crippen LogP contribution in [0.4, 0.5) is 0 Å². The molecule has 0 heterocycles. The Hall–Kier alpha value is -0.440. The third kappa shape index (κ3) is 4.74. The lowest BCUT2D eigenvalue weighted by atomic mass is 10.2. The highest BCUT2D eigenvalue weighted by Gasteiger charge is 2.18. The van der Waals surface area contributed by atoms with E-state index in [-0.39, 0.29) is 4.90 Å². The van der Waals surface area contributed by atoms with Crippen molar-refractivity contribution >= 4 is 18.3 Å². The van der Waals surface area contributed by atoms with Gasteiger partial charge in [-0.25, -0.2) is 3.97 Å². The topological polar surface area (TPSA) is 43.4 Å². The van der Waals surface area contributed by atoms with Crippen LogP contribution in [-0.4, -0.2) is 21.2 Å². The van der Waals surface area contributed by atoms with Crippen LogP contribution in [0.2, 0.25) is 0 Å². The quantitative estimate of drug-likeness (QED) is 0.745. The fraction of sp³-hybridized carbons (Fsp3) is 0.500. The minimum absolute atomic E-state index is 0.244. The van der Waals surface area contributed by atoms with E-state index in [9.17, 15) is 8.42 Å². The van der Waals surface area contributed by atoms with Crippen molar-refractivity contribution in [2.75, 3.05) is 12.8 Å². The summed E-state index contributed by atoms with van der Waals surface area (Å²) in [5.74, 6) is 0. The second-order valence-electron chi connectivity index (χ2n) is 4.05. The number of aryl methyl sites for hydroxylation is 1. The lowest BCUT2D eigenvalue weighted by Crippen LogP contribution is -2.04. The Labute approximate surface area is 105 Å². The van der Waals surface area contributed by atoms with Crippen LogP contribution in [0.25, 0.3) is 0 Å². The smallest absolute Gasteiger partial charge is 0.244 e. The van der Waals surface area contributed by atoms with Crippen LogP contribution in [0.15, 0.2) is 29.2 Å². The monoisotopic (exact) mass is 274 g/mol. The maximum absolute atomic E-state index is 11.9. The molecule has 0 N–H and O–H groups in total. The molecule has 0 saturated carbocycles. The molecule has 1 rings (SSSR count). The number of hydrogen-bond donors (Lipinski definition) is 0. The number of rotatable bonds is 6. The zero-order valence-electron chi connectivity index (χ0n) is 10.5. The Morgan fingerprint density at radius 3 is 2.35 bits per heavy atom. The fourth-order valence-corrected chi connectivity index (χ4v) is 4.55. The van der Waals surface area contributed by atoms with Crippen LogP contribution in [0.3, 0.4) is 0 Å². The Kier molecular flexibility index (Phi) is 5.57. The van der Waals surface area contributed by atoms with Gasteiger partial charge in [-0.2, -0.15) is 8.42 Å². The van der Waals surface area contributed by atoms with Crippen molar-refractivity contribution in [3.05, 3.63) is 29.8 Å². The number of benzene rings is 1. The molecule has 0 aliphatic carbocycles. The molecule has 0 spiro atoms. The molecule has 3 nitrogen and oxygen atoms in total. The van der Waals surface area contributed by atoms with Gasteiger partial charge in [0.25, 0.3) is 10.1 Å². The van der Waals surface area contributed by atoms with E-state index in [4.69, 9.17) is 3.97 Å². The summed E-state index contributed by atoms with van der Waals surface area (Å²) in [6.07, 6.45) is 2.89. The molecule has 1 unspecified atom stereocenters. The van der Waals surface area contributed by atoms with Crippen molar-refractivity contribution in [2.24, 2.45) is 0 Å². The summed E-state index contributed by atoms with van der Waals surface area (Å²) in [4.78, 5) is 0.244. The van der Waals surface area contributed by atoms with E-state index in [2.05, 4.69) is 6.92 Å². The van der Waals surface area contributed by atoms with Crippen LogP contribution < -0.4 is 0 Å². The average Bonchev–Trinajstić information content (AvgIpc) is 2.26. The molecule has 5 heteroatoms. The first-order valence-electron chi connectivity index (χ1n) is 5.68. The third-order valence-corrected chi connectivity index (χ3v) is 5.96. The predicted octanol–water partition coefficient (Wildman–Crippen LogP) is 3.53. The Balaban J connectivity index is 2.71. The summed E-state index contributed by atoms with van der Waals surface area (Å²) in [6, 6.07) is 6.74. The highest BCUT2D eigenvalue weighted by atomic mass is 32.2. The Morgan fingerprint density at radius 1 is 1.24 bits per heavy atom. The van der Waals surface area contributed by atoms with Crippen LogP contribution in [0.1, 0.15) is 25.3 Å². The number of unbranched alkanes of at least 4 members (excludes halogenated alkanes) is 1. The largest absolute Gasteiger partial charge is 0.299 e. The second kappa shape index (κ2) is 6.48. The predicted molar refractivity (Wildman–Crippen MR) is 72.1 cm³/mol. The molecular weight excluding hydrogens is 255 g/mol. The first-order valence-corrected chi connectivity index (χ1v) is 8.98. The maximum atomic E-state index is 11.9. The van der Waals surface area contributed by atoms with Gasteiger partial charge in [0.2, 0.25) is 0 Å².